The minimum Gasteiger partial charge on any atom is -0.465 e. The minimum atomic E-state index is -0.544. The van der Waals surface area contributed by atoms with Gasteiger partial charge in [0.1, 0.15) is 16.5 Å². The summed E-state index contributed by atoms with van der Waals surface area (Å²) in [7, 11) is 1.29. The van der Waals surface area contributed by atoms with Crippen molar-refractivity contribution >= 4 is 17.6 Å². The number of rotatable bonds is 3. The van der Waals surface area contributed by atoms with E-state index in [0.29, 0.717) is 23.7 Å². The molecule has 0 N–H and O–H groups in total. The number of benzene rings is 1. The van der Waals surface area contributed by atoms with Gasteiger partial charge < -0.3 is 14.2 Å². The Bertz CT molecular complexity index is 725. The predicted molar refractivity (Wildman–Crippen MR) is 78.5 cm³/mol. The van der Waals surface area contributed by atoms with Crippen LogP contribution in [0, 0.1) is 6.92 Å². The van der Waals surface area contributed by atoms with Crippen molar-refractivity contribution in [1.82, 2.24) is 9.97 Å². The first kappa shape index (κ1) is 14.6. The van der Waals surface area contributed by atoms with Gasteiger partial charge in [-0.3, -0.25) is 0 Å². The second-order valence-electron chi connectivity index (χ2n) is 4.75. The summed E-state index contributed by atoms with van der Waals surface area (Å²) in [5.74, 6) is 1.40. The Labute approximate surface area is 132 Å². The molecular weight excluding hydrogens is 308 g/mol. The number of carbonyl (C=O) groups excluding carboxylic acids is 1. The average Bonchev–Trinajstić information content (AvgIpc) is 2.93. The van der Waals surface area contributed by atoms with Crippen LogP contribution in [0.3, 0.4) is 0 Å². The van der Waals surface area contributed by atoms with Crippen molar-refractivity contribution in [2.45, 2.75) is 13.3 Å². The molecule has 2 aromatic rings. The van der Waals surface area contributed by atoms with Crippen molar-refractivity contribution in [3.63, 3.8) is 0 Å². The number of aromatic nitrogens is 2. The van der Waals surface area contributed by atoms with Crippen LogP contribution in [0.15, 0.2) is 18.2 Å². The third-order valence-electron chi connectivity index (χ3n) is 3.28. The van der Waals surface area contributed by atoms with E-state index in [-0.39, 0.29) is 17.5 Å². The van der Waals surface area contributed by atoms with Crippen LogP contribution in [0.4, 0.5) is 0 Å². The third-order valence-corrected chi connectivity index (χ3v) is 3.55. The largest absolute Gasteiger partial charge is 0.465 e. The van der Waals surface area contributed by atoms with Gasteiger partial charge in [0.15, 0.2) is 11.5 Å². The number of hydrogen-bond donors (Lipinski definition) is 0. The fraction of sp³-hybridized carbons (Fsp3) is 0.267. The summed E-state index contributed by atoms with van der Waals surface area (Å²) < 4.78 is 15.3. The first-order valence-electron chi connectivity index (χ1n) is 6.58. The molecule has 1 aromatic carbocycles. The molecule has 114 valence electrons. The van der Waals surface area contributed by atoms with Gasteiger partial charge in [-0.1, -0.05) is 17.7 Å². The van der Waals surface area contributed by atoms with E-state index in [1.165, 1.54) is 7.11 Å². The summed E-state index contributed by atoms with van der Waals surface area (Å²) in [6.45, 7) is 1.93. The second-order valence-corrected chi connectivity index (χ2v) is 5.11. The molecule has 22 heavy (non-hydrogen) atoms. The van der Waals surface area contributed by atoms with E-state index < -0.39 is 5.97 Å². The Morgan fingerprint density at radius 2 is 2.09 bits per heavy atom. The lowest BCUT2D eigenvalue weighted by Gasteiger charge is -2.08. The SMILES string of the molecule is COC(=O)c1c(C)nc(Cc2ccc3c(c2)OCO3)nc1Cl. The van der Waals surface area contributed by atoms with Gasteiger partial charge in [0, 0.05) is 6.42 Å². The van der Waals surface area contributed by atoms with Gasteiger partial charge in [0.2, 0.25) is 6.79 Å². The predicted octanol–water partition coefficient (Wildman–Crippen LogP) is 2.54. The monoisotopic (exact) mass is 320 g/mol. The van der Waals surface area contributed by atoms with Gasteiger partial charge in [-0.25, -0.2) is 14.8 Å². The van der Waals surface area contributed by atoms with Crippen molar-refractivity contribution in [2.24, 2.45) is 0 Å². The Balaban J connectivity index is 1.88. The van der Waals surface area contributed by atoms with Gasteiger partial charge in [-0.15, -0.1) is 0 Å². The number of halogens is 1. The first-order chi connectivity index (χ1) is 10.6. The van der Waals surface area contributed by atoms with Crippen LogP contribution >= 0.6 is 11.6 Å². The summed E-state index contributed by atoms with van der Waals surface area (Å²) in [4.78, 5) is 20.1. The Morgan fingerprint density at radius 3 is 2.82 bits per heavy atom. The van der Waals surface area contributed by atoms with Crippen molar-refractivity contribution in [3.8, 4) is 11.5 Å². The molecule has 0 spiro atoms. The van der Waals surface area contributed by atoms with E-state index in [4.69, 9.17) is 21.1 Å². The number of esters is 1. The zero-order chi connectivity index (χ0) is 15.7. The molecule has 0 aliphatic carbocycles. The molecule has 0 fully saturated rings. The molecular formula is C15H13ClN2O4. The number of ether oxygens (including phenoxy) is 3. The van der Waals surface area contributed by atoms with E-state index in [1.807, 2.05) is 18.2 Å². The van der Waals surface area contributed by atoms with Crippen LogP contribution in [0.25, 0.3) is 0 Å². The molecule has 1 aliphatic heterocycles. The summed E-state index contributed by atoms with van der Waals surface area (Å²) >= 11 is 6.07. The molecule has 1 aromatic heterocycles. The van der Waals surface area contributed by atoms with E-state index in [0.717, 1.165) is 11.3 Å². The summed E-state index contributed by atoms with van der Waals surface area (Å²) in [6, 6.07) is 5.63. The molecule has 1 aliphatic rings. The van der Waals surface area contributed by atoms with Crippen LogP contribution in [0.2, 0.25) is 5.15 Å². The van der Waals surface area contributed by atoms with Crippen LogP contribution in [0.5, 0.6) is 11.5 Å². The fourth-order valence-electron chi connectivity index (χ4n) is 2.24. The molecule has 0 unspecified atom stereocenters. The van der Waals surface area contributed by atoms with Crippen molar-refractivity contribution in [1.29, 1.82) is 0 Å². The van der Waals surface area contributed by atoms with E-state index in [1.54, 1.807) is 6.92 Å². The minimum absolute atomic E-state index is 0.0927. The fourth-order valence-corrected chi connectivity index (χ4v) is 2.55. The summed E-state index contributed by atoms with van der Waals surface area (Å²) in [5.41, 5.74) is 1.65. The lowest BCUT2D eigenvalue weighted by Crippen LogP contribution is -2.10. The van der Waals surface area contributed by atoms with Gasteiger partial charge >= 0.3 is 5.97 Å². The lowest BCUT2D eigenvalue weighted by atomic mass is 10.1. The van der Waals surface area contributed by atoms with E-state index in [2.05, 4.69) is 14.7 Å². The highest BCUT2D eigenvalue weighted by molar-refractivity contribution is 6.32. The average molecular weight is 321 g/mol. The van der Waals surface area contributed by atoms with Crippen LogP contribution in [0.1, 0.15) is 27.4 Å². The second kappa shape index (κ2) is 5.81. The Morgan fingerprint density at radius 1 is 1.32 bits per heavy atom. The van der Waals surface area contributed by atoms with E-state index >= 15 is 0 Å². The van der Waals surface area contributed by atoms with Gasteiger partial charge in [0.05, 0.1) is 12.8 Å². The highest BCUT2D eigenvalue weighted by Gasteiger charge is 2.19. The van der Waals surface area contributed by atoms with Crippen molar-refractivity contribution in [2.75, 3.05) is 13.9 Å². The number of hydrogen-bond acceptors (Lipinski definition) is 6. The molecule has 0 atom stereocenters. The molecule has 0 amide bonds. The standard InChI is InChI=1S/C15H13ClN2O4/c1-8-13(15(19)20-2)14(16)18-12(17-8)6-9-3-4-10-11(5-9)22-7-21-10/h3-5H,6-7H2,1-2H3. The first-order valence-corrected chi connectivity index (χ1v) is 6.96. The van der Waals surface area contributed by atoms with Crippen LogP contribution in [-0.2, 0) is 11.2 Å². The molecule has 7 heteroatoms. The number of methoxy groups -OCH3 is 1. The Hall–Kier alpha value is -2.34. The van der Waals surface area contributed by atoms with E-state index in [9.17, 15) is 4.79 Å². The molecule has 0 saturated carbocycles. The zero-order valence-electron chi connectivity index (χ0n) is 12.1. The van der Waals surface area contributed by atoms with Gasteiger partial charge in [-0.05, 0) is 24.6 Å². The number of fused-ring (bicyclic) bond motifs is 1. The molecule has 2 heterocycles. The van der Waals surface area contributed by atoms with Crippen molar-refractivity contribution < 1.29 is 19.0 Å². The highest BCUT2D eigenvalue weighted by Crippen LogP contribution is 2.33. The Kier molecular flexibility index (Phi) is 3.85. The number of carbonyl (C=O) groups is 1. The number of nitrogens with zero attached hydrogens (tertiary/aromatic N) is 2. The topological polar surface area (TPSA) is 70.5 Å². The third kappa shape index (κ3) is 2.69. The smallest absolute Gasteiger partial charge is 0.342 e. The molecule has 0 saturated heterocycles. The van der Waals surface area contributed by atoms with Gasteiger partial charge in [-0.2, -0.15) is 0 Å². The normalized spacial score (nSPS) is 12.3. The maximum atomic E-state index is 11.6. The number of aryl methyl sites for hydroxylation is 1. The summed E-state index contributed by atoms with van der Waals surface area (Å²) in [6.07, 6.45) is 0.471. The van der Waals surface area contributed by atoms with Crippen LogP contribution < -0.4 is 9.47 Å². The molecule has 6 nitrogen and oxygen atoms in total. The zero-order valence-corrected chi connectivity index (χ0v) is 12.8. The molecule has 0 bridgehead atoms. The maximum absolute atomic E-state index is 11.6. The summed E-state index contributed by atoms with van der Waals surface area (Å²) in [5, 5.41) is 0.0927. The molecule has 0 radical (unpaired) electrons. The quantitative estimate of drug-likeness (QED) is 0.639. The highest BCUT2D eigenvalue weighted by atomic mass is 35.5. The maximum Gasteiger partial charge on any atom is 0.342 e. The van der Waals surface area contributed by atoms with Crippen molar-refractivity contribution in [3.05, 3.63) is 46.0 Å². The molecule has 3 rings (SSSR count). The van der Waals surface area contributed by atoms with Crippen LogP contribution in [-0.4, -0.2) is 29.8 Å². The van der Waals surface area contributed by atoms with Gasteiger partial charge in [0.25, 0.3) is 0 Å². The lowest BCUT2D eigenvalue weighted by molar-refractivity contribution is 0.0599.